The summed E-state index contributed by atoms with van der Waals surface area (Å²) in [6.45, 7) is 3.67. The molecule has 1 unspecified atom stereocenters. The van der Waals surface area contributed by atoms with Crippen LogP contribution in [0.2, 0.25) is 0 Å². The lowest BCUT2D eigenvalue weighted by atomic mass is 9.91. The number of carbonyl (C=O) groups excluding carboxylic acids is 1. The van der Waals surface area contributed by atoms with Crippen molar-refractivity contribution in [2.45, 2.75) is 25.8 Å². The standard InChI is InChI=1S/C12H16Br2N2OS.ClH/c1-7(15)8-2-4-16(5-3-8)12(17)9-6-10(13)18-11(9)14;/h6-8H,2-5,15H2,1H3;1H. The molecule has 1 fully saturated rings. The van der Waals surface area contributed by atoms with Crippen LogP contribution in [0, 0.1) is 5.92 Å². The zero-order valence-corrected chi connectivity index (χ0v) is 15.4. The van der Waals surface area contributed by atoms with E-state index in [0.717, 1.165) is 39.1 Å². The molecule has 3 nitrogen and oxygen atoms in total. The molecule has 1 aromatic rings. The lowest BCUT2D eigenvalue weighted by Crippen LogP contribution is -2.42. The second-order valence-electron chi connectivity index (χ2n) is 4.73. The molecule has 0 aliphatic carbocycles. The van der Waals surface area contributed by atoms with Gasteiger partial charge in [0.15, 0.2) is 0 Å². The number of amides is 1. The van der Waals surface area contributed by atoms with Crippen LogP contribution in [-0.2, 0) is 0 Å². The van der Waals surface area contributed by atoms with Crippen molar-refractivity contribution in [3.63, 3.8) is 0 Å². The first-order valence-corrected chi connectivity index (χ1v) is 8.39. The van der Waals surface area contributed by atoms with Gasteiger partial charge in [-0.25, -0.2) is 0 Å². The third kappa shape index (κ3) is 4.17. The molecule has 1 atom stereocenters. The summed E-state index contributed by atoms with van der Waals surface area (Å²) in [6.07, 6.45) is 2.01. The first kappa shape index (κ1) is 17.4. The number of nitrogens with zero attached hydrogens (tertiary/aromatic N) is 1. The summed E-state index contributed by atoms with van der Waals surface area (Å²) >= 11 is 8.38. The Hall–Kier alpha value is 0.380. The van der Waals surface area contributed by atoms with Gasteiger partial charge in [0, 0.05) is 19.1 Å². The van der Waals surface area contributed by atoms with Crippen LogP contribution in [0.25, 0.3) is 0 Å². The van der Waals surface area contributed by atoms with Crippen LogP contribution < -0.4 is 5.73 Å². The summed E-state index contributed by atoms with van der Waals surface area (Å²) in [6, 6.07) is 2.11. The Morgan fingerprint density at radius 3 is 2.47 bits per heavy atom. The van der Waals surface area contributed by atoms with Crippen molar-refractivity contribution in [2.24, 2.45) is 11.7 Å². The normalized spacial score (nSPS) is 18.0. The third-order valence-corrected chi connectivity index (χ3v) is 5.80. The van der Waals surface area contributed by atoms with Gasteiger partial charge in [-0.1, -0.05) is 0 Å². The van der Waals surface area contributed by atoms with Crippen molar-refractivity contribution < 1.29 is 4.79 Å². The van der Waals surface area contributed by atoms with E-state index in [1.807, 2.05) is 11.0 Å². The van der Waals surface area contributed by atoms with E-state index in [-0.39, 0.29) is 24.4 Å². The zero-order chi connectivity index (χ0) is 13.3. The number of carbonyl (C=O) groups is 1. The Balaban J connectivity index is 0.00000180. The molecule has 1 aliphatic heterocycles. The fourth-order valence-corrected chi connectivity index (χ4v) is 5.06. The smallest absolute Gasteiger partial charge is 0.255 e. The highest BCUT2D eigenvalue weighted by Crippen LogP contribution is 2.33. The zero-order valence-electron chi connectivity index (χ0n) is 10.6. The Kier molecular flexibility index (Phi) is 6.79. The molecule has 19 heavy (non-hydrogen) atoms. The van der Waals surface area contributed by atoms with Crippen LogP contribution >= 0.6 is 55.6 Å². The molecule has 1 amide bonds. The van der Waals surface area contributed by atoms with Crippen molar-refractivity contribution in [3.8, 4) is 0 Å². The van der Waals surface area contributed by atoms with Crippen LogP contribution in [0.3, 0.4) is 0 Å². The van der Waals surface area contributed by atoms with Crippen molar-refractivity contribution in [1.29, 1.82) is 0 Å². The van der Waals surface area contributed by atoms with Crippen LogP contribution in [0.1, 0.15) is 30.1 Å². The first-order chi connectivity index (χ1) is 8.49. The van der Waals surface area contributed by atoms with Gasteiger partial charge >= 0.3 is 0 Å². The van der Waals surface area contributed by atoms with E-state index in [9.17, 15) is 4.79 Å². The minimum atomic E-state index is 0. The molecule has 2 rings (SSSR count). The van der Waals surface area contributed by atoms with E-state index in [4.69, 9.17) is 5.73 Å². The second kappa shape index (κ2) is 7.41. The molecule has 1 aliphatic rings. The molecule has 108 valence electrons. The molecule has 0 bridgehead atoms. The summed E-state index contributed by atoms with van der Waals surface area (Å²) < 4.78 is 1.87. The van der Waals surface area contributed by atoms with Crippen LogP contribution in [0.15, 0.2) is 13.6 Å². The van der Waals surface area contributed by atoms with Gasteiger partial charge < -0.3 is 10.6 Å². The van der Waals surface area contributed by atoms with Gasteiger partial charge in [-0.15, -0.1) is 23.7 Å². The molecule has 0 radical (unpaired) electrons. The topological polar surface area (TPSA) is 46.3 Å². The monoisotopic (exact) mass is 430 g/mol. The summed E-state index contributed by atoms with van der Waals surface area (Å²) in [4.78, 5) is 14.3. The summed E-state index contributed by atoms with van der Waals surface area (Å²) in [5.41, 5.74) is 6.67. The number of thiophene rings is 1. The van der Waals surface area contributed by atoms with E-state index in [0.29, 0.717) is 5.92 Å². The predicted octanol–water partition coefficient (Wildman–Crippen LogP) is 3.89. The molecule has 1 aromatic heterocycles. The average Bonchev–Trinajstić information content (AvgIpc) is 2.67. The predicted molar refractivity (Wildman–Crippen MR) is 89.2 cm³/mol. The van der Waals surface area contributed by atoms with Crippen LogP contribution in [-0.4, -0.2) is 29.9 Å². The van der Waals surface area contributed by atoms with Crippen LogP contribution in [0.4, 0.5) is 0 Å². The van der Waals surface area contributed by atoms with Crippen molar-refractivity contribution in [2.75, 3.05) is 13.1 Å². The van der Waals surface area contributed by atoms with E-state index < -0.39 is 0 Å². The number of hydrogen-bond acceptors (Lipinski definition) is 3. The van der Waals surface area contributed by atoms with Crippen LogP contribution in [0.5, 0.6) is 0 Å². The molecule has 1 saturated heterocycles. The Labute approximate surface area is 140 Å². The van der Waals surface area contributed by atoms with Gasteiger partial charge in [0.05, 0.1) is 13.1 Å². The maximum Gasteiger partial charge on any atom is 0.255 e. The molecule has 0 aromatic carbocycles. The second-order valence-corrected chi connectivity index (χ2v) is 8.48. The molecular weight excluding hydrogens is 415 g/mol. The summed E-state index contributed by atoms with van der Waals surface area (Å²) in [7, 11) is 0. The van der Waals surface area contributed by atoms with Crippen molar-refractivity contribution >= 4 is 61.5 Å². The Morgan fingerprint density at radius 2 is 2.05 bits per heavy atom. The Bertz CT molecular complexity index is 445. The molecular formula is C12H17Br2ClN2OS. The maximum absolute atomic E-state index is 12.4. The SMILES string of the molecule is CC(N)C1CCN(C(=O)c2cc(Br)sc2Br)CC1.Cl. The van der Waals surface area contributed by atoms with E-state index in [1.54, 1.807) is 0 Å². The molecule has 2 N–H and O–H groups in total. The highest BCUT2D eigenvalue weighted by atomic mass is 79.9. The number of hydrogen-bond donors (Lipinski definition) is 1. The number of nitrogens with two attached hydrogens (primary N) is 1. The van der Waals surface area contributed by atoms with Gasteiger partial charge in [-0.3, -0.25) is 4.79 Å². The van der Waals surface area contributed by atoms with Gasteiger partial charge in [0.25, 0.3) is 5.91 Å². The minimum Gasteiger partial charge on any atom is -0.339 e. The molecule has 0 spiro atoms. The average molecular weight is 433 g/mol. The minimum absolute atomic E-state index is 0. The number of piperidine rings is 1. The Morgan fingerprint density at radius 1 is 1.47 bits per heavy atom. The largest absolute Gasteiger partial charge is 0.339 e. The van der Waals surface area contributed by atoms with Gasteiger partial charge in [-0.2, -0.15) is 0 Å². The van der Waals surface area contributed by atoms with Gasteiger partial charge in [0.1, 0.15) is 0 Å². The molecule has 2 heterocycles. The lowest BCUT2D eigenvalue weighted by molar-refractivity contribution is 0.0680. The fraction of sp³-hybridized carbons (Fsp3) is 0.583. The van der Waals surface area contributed by atoms with Gasteiger partial charge in [-0.05, 0) is 63.6 Å². The van der Waals surface area contributed by atoms with Gasteiger partial charge in [0.2, 0.25) is 0 Å². The van der Waals surface area contributed by atoms with Crippen molar-refractivity contribution in [3.05, 3.63) is 19.2 Å². The first-order valence-electron chi connectivity index (χ1n) is 5.98. The van der Waals surface area contributed by atoms with E-state index in [1.165, 1.54) is 11.3 Å². The number of halogens is 3. The van der Waals surface area contributed by atoms with E-state index >= 15 is 0 Å². The number of rotatable bonds is 2. The van der Waals surface area contributed by atoms with Crippen molar-refractivity contribution in [1.82, 2.24) is 4.90 Å². The molecule has 7 heteroatoms. The highest BCUT2D eigenvalue weighted by molar-refractivity contribution is 9.12. The number of likely N-dealkylation sites (tertiary alicyclic amines) is 1. The summed E-state index contributed by atoms with van der Waals surface area (Å²) in [5.74, 6) is 0.665. The molecule has 0 saturated carbocycles. The quantitative estimate of drug-likeness (QED) is 0.771. The fourth-order valence-electron chi connectivity index (χ4n) is 2.28. The maximum atomic E-state index is 12.4. The highest BCUT2D eigenvalue weighted by Gasteiger charge is 2.27. The lowest BCUT2D eigenvalue weighted by Gasteiger charge is -2.33. The summed E-state index contributed by atoms with van der Waals surface area (Å²) in [5, 5.41) is 0. The third-order valence-electron chi connectivity index (χ3n) is 3.46. The van der Waals surface area contributed by atoms with E-state index in [2.05, 4.69) is 38.8 Å².